The smallest absolute Gasteiger partial charge is 0.167 e. The maximum atomic E-state index is 4.49. The van der Waals surface area contributed by atoms with Gasteiger partial charge in [0.25, 0.3) is 0 Å². The lowest BCUT2D eigenvalue weighted by molar-refractivity contribution is 0.530. The molecule has 0 aliphatic rings. The first-order valence-corrected chi connectivity index (χ1v) is 8.26. The van der Waals surface area contributed by atoms with Crippen LogP contribution in [-0.4, -0.2) is 25.1 Å². The molecular formula is C15H24N4S. The van der Waals surface area contributed by atoms with Gasteiger partial charge in [-0.05, 0) is 32.8 Å². The van der Waals surface area contributed by atoms with Gasteiger partial charge in [-0.25, -0.2) is 4.98 Å². The molecule has 0 N–H and O–H groups in total. The lowest BCUT2D eigenvalue weighted by Crippen LogP contribution is -2.02. The summed E-state index contributed by atoms with van der Waals surface area (Å²) in [5, 5.41) is 5.61. The van der Waals surface area contributed by atoms with Crippen molar-refractivity contribution in [2.45, 2.75) is 51.2 Å². The molecule has 5 heteroatoms. The molecule has 110 valence electrons. The molecule has 0 amide bonds. The molecule has 0 aromatic carbocycles. The number of unbranched alkanes of at least 4 members (excludes halogenated alkanes) is 3. The van der Waals surface area contributed by atoms with E-state index >= 15 is 0 Å². The normalized spacial score (nSPS) is 11.2. The molecule has 0 atom stereocenters. The number of nitrogens with zero attached hydrogens (tertiary/aromatic N) is 4. The molecule has 2 rings (SSSR count). The van der Waals surface area contributed by atoms with Crippen molar-refractivity contribution in [2.75, 3.05) is 5.75 Å². The van der Waals surface area contributed by atoms with Crippen molar-refractivity contribution >= 4 is 11.8 Å². The molecule has 0 saturated carbocycles. The molecule has 0 bridgehead atoms. The minimum Gasteiger partial charge on any atom is -0.329 e. The quantitative estimate of drug-likeness (QED) is 0.551. The zero-order valence-electron chi connectivity index (χ0n) is 12.7. The molecule has 0 saturated heterocycles. The monoisotopic (exact) mass is 292 g/mol. The van der Waals surface area contributed by atoms with Crippen LogP contribution in [0.1, 0.15) is 37.1 Å². The number of hydrogen-bond donors (Lipinski definition) is 0. The number of imidazole rings is 1. The Morgan fingerprint density at radius 2 is 1.95 bits per heavy atom. The first-order valence-electron chi connectivity index (χ1n) is 7.28. The van der Waals surface area contributed by atoms with Crippen molar-refractivity contribution in [3.05, 3.63) is 29.8 Å². The third-order valence-corrected chi connectivity index (χ3v) is 4.52. The fraction of sp³-hybridized carbons (Fsp3) is 0.600. The Bertz CT molecular complexity index is 530. The van der Waals surface area contributed by atoms with E-state index in [0.717, 1.165) is 23.1 Å². The Morgan fingerprint density at radius 3 is 2.60 bits per heavy atom. The van der Waals surface area contributed by atoms with E-state index in [9.17, 15) is 0 Å². The third-order valence-electron chi connectivity index (χ3n) is 3.38. The highest BCUT2D eigenvalue weighted by Crippen LogP contribution is 2.17. The summed E-state index contributed by atoms with van der Waals surface area (Å²) in [5.74, 6) is 1.16. The van der Waals surface area contributed by atoms with E-state index in [1.165, 1.54) is 31.4 Å². The number of aryl methyl sites for hydroxylation is 4. The van der Waals surface area contributed by atoms with Gasteiger partial charge < -0.3 is 4.57 Å². The van der Waals surface area contributed by atoms with Crippen LogP contribution in [0.2, 0.25) is 0 Å². The molecule has 0 unspecified atom stereocenters. The van der Waals surface area contributed by atoms with Gasteiger partial charge >= 0.3 is 0 Å². The van der Waals surface area contributed by atoms with Gasteiger partial charge in [-0.1, -0.05) is 24.6 Å². The van der Waals surface area contributed by atoms with Crippen molar-refractivity contribution < 1.29 is 0 Å². The van der Waals surface area contributed by atoms with Crippen molar-refractivity contribution in [3.8, 4) is 0 Å². The molecule has 0 spiro atoms. The molecule has 2 aromatic rings. The molecule has 2 heterocycles. The van der Waals surface area contributed by atoms with Gasteiger partial charge in [0.15, 0.2) is 5.16 Å². The second-order valence-electron chi connectivity index (χ2n) is 5.23. The van der Waals surface area contributed by atoms with Crippen LogP contribution >= 0.6 is 11.8 Å². The molecule has 0 fully saturated rings. The van der Waals surface area contributed by atoms with Gasteiger partial charge in [0.05, 0.1) is 5.69 Å². The van der Waals surface area contributed by atoms with Gasteiger partial charge in [-0.15, -0.1) is 0 Å². The van der Waals surface area contributed by atoms with Crippen molar-refractivity contribution in [2.24, 2.45) is 7.05 Å². The van der Waals surface area contributed by atoms with Crippen LogP contribution in [0.15, 0.2) is 23.6 Å². The molecule has 4 nitrogen and oxygen atoms in total. The fourth-order valence-electron chi connectivity index (χ4n) is 2.27. The molecule has 0 aliphatic carbocycles. The van der Waals surface area contributed by atoms with Crippen LogP contribution in [0.4, 0.5) is 0 Å². The van der Waals surface area contributed by atoms with E-state index in [1.807, 2.05) is 31.2 Å². The lowest BCUT2D eigenvalue weighted by atomic mass is 10.2. The average Bonchev–Trinajstić information content (AvgIpc) is 2.95. The molecular weight excluding hydrogens is 268 g/mol. The zero-order valence-corrected chi connectivity index (χ0v) is 13.5. The SMILES string of the molecule is Cc1cc(C)n(CCCCCCSc2nccn2C)n1. The van der Waals surface area contributed by atoms with E-state index in [2.05, 4.69) is 39.2 Å². The highest BCUT2D eigenvalue weighted by Gasteiger charge is 2.01. The summed E-state index contributed by atoms with van der Waals surface area (Å²) < 4.78 is 4.20. The van der Waals surface area contributed by atoms with Crippen molar-refractivity contribution in [3.63, 3.8) is 0 Å². The summed E-state index contributed by atoms with van der Waals surface area (Å²) in [6, 6.07) is 2.14. The summed E-state index contributed by atoms with van der Waals surface area (Å²) in [6.45, 7) is 5.23. The number of aromatic nitrogens is 4. The van der Waals surface area contributed by atoms with Crippen molar-refractivity contribution in [1.82, 2.24) is 19.3 Å². The number of rotatable bonds is 8. The summed E-state index contributed by atoms with van der Waals surface area (Å²) in [7, 11) is 2.05. The highest BCUT2D eigenvalue weighted by atomic mass is 32.2. The van der Waals surface area contributed by atoms with E-state index in [4.69, 9.17) is 0 Å². The van der Waals surface area contributed by atoms with E-state index in [1.54, 1.807) is 0 Å². The second kappa shape index (κ2) is 7.53. The maximum absolute atomic E-state index is 4.49. The third kappa shape index (κ3) is 4.40. The minimum atomic E-state index is 1.05. The van der Waals surface area contributed by atoms with Crippen LogP contribution in [0, 0.1) is 13.8 Å². The molecule has 2 aromatic heterocycles. The van der Waals surface area contributed by atoms with Gasteiger partial charge in [0.1, 0.15) is 0 Å². The van der Waals surface area contributed by atoms with Gasteiger partial charge in [-0.3, -0.25) is 4.68 Å². The van der Waals surface area contributed by atoms with Gasteiger partial charge in [0, 0.05) is 37.4 Å². The van der Waals surface area contributed by atoms with Crippen LogP contribution in [0.3, 0.4) is 0 Å². The van der Waals surface area contributed by atoms with E-state index < -0.39 is 0 Å². The molecule has 0 radical (unpaired) electrons. The Kier molecular flexibility index (Phi) is 5.71. The Hall–Kier alpha value is -1.23. The second-order valence-corrected chi connectivity index (χ2v) is 6.30. The van der Waals surface area contributed by atoms with E-state index in [0.29, 0.717) is 0 Å². The zero-order chi connectivity index (χ0) is 14.4. The standard InChI is InChI=1S/C15H24N4S/c1-13-12-14(2)19(17-13)9-6-4-5-7-11-20-15-16-8-10-18(15)3/h8,10,12H,4-7,9,11H2,1-3H3. The summed E-state index contributed by atoms with van der Waals surface area (Å²) in [5.41, 5.74) is 2.39. The Morgan fingerprint density at radius 1 is 1.15 bits per heavy atom. The van der Waals surface area contributed by atoms with Crippen molar-refractivity contribution in [1.29, 1.82) is 0 Å². The number of thioether (sulfide) groups is 1. The fourth-order valence-corrected chi connectivity index (χ4v) is 3.20. The Labute approximate surface area is 125 Å². The Balaban J connectivity index is 1.54. The van der Waals surface area contributed by atoms with Crippen LogP contribution in [0.25, 0.3) is 0 Å². The average molecular weight is 292 g/mol. The summed E-state index contributed by atoms with van der Waals surface area (Å²) in [6.07, 6.45) is 8.90. The first-order chi connectivity index (χ1) is 9.66. The molecule has 0 aliphatic heterocycles. The topological polar surface area (TPSA) is 35.6 Å². The maximum Gasteiger partial charge on any atom is 0.167 e. The van der Waals surface area contributed by atoms with Crippen LogP contribution < -0.4 is 0 Å². The molecule has 20 heavy (non-hydrogen) atoms. The summed E-state index contributed by atoms with van der Waals surface area (Å²) in [4.78, 5) is 4.32. The van der Waals surface area contributed by atoms with Crippen LogP contribution in [-0.2, 0) is 13.6 Å². The van der Waals surface area contributed by atoms with Gasteiger partial charge in [0.2, 0.25) is 0 Å². The lowest BCUT2D eigenvalue weighted by Gasteiger charge is -2.04. The predicted molar refractivity (Wildman–Crippen MR) is 84.1 cm³/mol. The minimum absolute atomic E-state index is 1.05. The van der Waals surface area contributed by atoms with Gasteiger partial charge in [-0.2, -0.15) is 5.10 Å². The van der Waals surface area contributed by atoms with Crippen LogP contribution in [0.5, 0.6) is 0 Å². The largest absolute Gasteiger partial charge is 0.329 e. The van der Waals surface area contributed by atoms with E-state index in [-0.39, 0.29) is 0 Å². The predicted octanol–water partition coefficient (Wildman–Crippen LogP) is 3.59. The number of hydrogen-bond acceptors (Lipinski definition) is 3. The highest BCUT2D eigenvalue weighted by molar-refractivity contribution is 7.99. The summed E-state index contributed by atoms with van der Waals surface area (Å²) >= 11 is 1.85. The first kappa shape index (κ1) is 15.2.